The van der Waals surface area contributed by atoms with E-state index in [0.29, 0.717) is 18.8 Å². The zero-order chi connectivity index (χ0) is 16.5. The van der Waals surface area contributed by atoms with Gasteiger partial charge in [0.2, 0.25) is 0 Å². The van der Waals surface area contributed by atoms with Crippen LogP contribution >= 0.6 is 0 Å². The van der Waals surface area contributed by atoms with Crippen LogP contribution in [0, 0.1) is 6.92 Å². The summed E-state index contributed by atoms with van der Waals surface area (Å²) in [4.78, 5) is 29.2. The lowest BCUT2D eigenvalue weighted by molar-refractivity contribution is 0.0739. The Bertz CT molecular complexity index is 883. The number of anilines is 1. The Morgan fingerprint density at radius 2 is 1.96 bits per heavy atom. The van der Waals surface area contributed by atoms with E-state index < -0.39 is 0 Å². The van der Waals surface area contributed by atoms with Crippen molar-refractivity contribution in [1.82, 2.24) is 29.5 Å². The molecule has 4 rings (SSSR count). The third-order valence-corrected chi connectivity index (χ3v) is 4.21. The molecule has 0 N–H and O–H groups in total. The molecule has 0 bridgehead atoms. The van der Waals surface area contributed by atoms with E-state index in [9.17, 15) is 4.79 Å². The lowest BCUT2D eigenvalue weighted by Gasteiger charge is -2.35. The van der Waals surface area contributed by atoms with E-state index in [1.54, 1.807) is 35.4 Å². The van der Waals surface area contributed by atoms with E-state index in [1.165, 1.54) is 0 Å². The van der Waals surface area contributed by atoms with Crippen LogP contribution in [-0.2, 0) is 0 Å². The number of carbonyl (C=O) groups is 1. The lowest BCUT2D eigenvalue weighted by Crippen LogP contribution is -2.49. The second-order valence-corrected chi connectivity index (χ2v) is 5.76. The first-order chi connectivity index (χ1) is 11.7. The Kier molecular flexibility index (Phi) is 3.56. The van der Waals surface area contributed by atoms with Gasteiger partial charge >= 0.3 is 0 Å². The molecule has 3 aromatic heterocycles. The van der Waals surface area contributed by atoms with Gasteiger partial charge in [-0.3, -0.25) is 4.79 Å². The Morgan fingerprint density at radius 1 is 1.12 bits per heavy atom. The normalized spacial score (nSPS) is 15.0. The molecule has 0 spiro atoms. The molecule has 1 aliphatic heterocycles. The standard InChI is InChI=1S/C16H17N7O/c1-12-10-17-11-19-15(12)21-6-8-22(9-7-21)16(24)13-2-3-14-18-4-5-23(14)20-13/h2-5,10-11H,6-9H2,1H3. The SMILES string of the molecule is Cc1cncnc1N1CCN(C(=O)c2ccc3nccn3n2)CC1. The largest absolute Gasteiger partial charge is 0.353 e. The van der Waals surface area contributed by atoms with Gasteiger partial charge in [-0.05, 0) is 19.1 Å². The van der Waals surface area contributed by atoms with Crippen molar-refractivity contribution in [3.63, 3.8) is 0 Å². The average molecular weight is 323 g/mol. The summed E-state index contributed by atoms with van der Waals surface area (Å²) in [6, 6.07) is 3.53. The molecular formula is C16H17N7O. The Balaban J connectivity index is 1.47. The van der Waals surface area contributed by atoms with Gasteiger partial charge in [-0.25, -0.2) is 19.5 Å². The van der Waals surface area contributed by atoms with Crippen LogP contribution in [0.5, 0.6) is 0 Å². The molecule has 8 heteroatoms. The zero-order valence-corrected chi connectivity index (χ0v) is 13.3. The van der Waals surface area contributed by atoms with Crippen LogP contribution in [0.3, 0.4) is 0 Å². The molecule has 0 saturated carbocycles. The molecule has 24 heavy (non-hydrogen) atoms. The maximum atomic E-state index is 12.7. The highest BCUT2D eigenvalue weighted by atomic mass is 16.2. The predicted octanol–water partition coefficient (Wildman–Crippen LogP) is 0.790. The first-order valence-electron chi connectivity index (χ1n) is 7.83. The molecule has 0 radical (unpaired) electrons. The quantitative estimate of drug-likeness (QED) is 0.694. The minimum Gasteiger partial charge on any atom is -0.353 e. The summed E-state index contributed by atoms with van der Waals surface area (Å²) in [5, 5.41) is 4.33. The molecule has 0 aliphatic carbocycles. The Morgan fingerprint density at radius 3 is 2.75 bits per heavy atom. The monoisotopic (exact) mass is 323 g/mol. The number of amides is 1. The fourth-order valence-electron chi connectivity index (χ4n) is 2.94. The predicted molar refractivity (Wildman–Crippen MR) is 87.9 cm³/mol. The van der Waals surface area contributed by atoms with Crippen molar-refractivity contribution in [2.45, 2.75) is 6.92 Å². The van der Waals surface area contributed by atoms with Crippen LogP contribution in [0.1, 0.15) is 16.1 Å². The molecule has 0 aromatic carbocycles. The minimum atomic E-state index is -0.0512. The number of fused-ring (bicyclic) bond motifs is 1. The van der Waals surface area contributed by atoms with Crippen molar-refractivity contribution >= 4 is 17.4 Å². The Hall–Kier alpha value is -3.03. The third kappa shape index (κ3) is 2.55. The first kappa shape index (κ1) is 14.6. The summed E-state index contributed by atoms with van der Waals surface area (Å²) in [7, 11) is 0. The summed E-state index contributed by atoms with van der Waals surface area (Å²) < 4.78 is 1.62. The molecule has 1 fully saturated rings. The smallest absolute Gasteiger partial charge is 0.274 e. The second kappa shape index (κ2) is 5.88. The maximum Gasteiger partial charge on any atom is 0.274 e. The summed E-state index contributed by atoms with van der Waals surface area (Å²) in [6.07, 6.45) is 6.77. The van der Waals surface area contributed by atoms with Gasteiger partial charge in [0.25, 0.3) is 5.91 Å². The molecule has 1 aliphatic rings. The van der Waals surface area contributed by atoms with Gasteiger partial charge < -0.3 is 9.80 Å². The topological polar surface area (TPSA) is 79.5 Å². The van der Waals surface area contributed by atoms with Gasteiger partial charge in [-0.2, -0.15) is 5.10 Å². The third-order valence-electron chi connectivity index (χ3n) is 4.21. The van der Waals surface area contributed by atoms with Gasteiger partial charge in [0.05, 0.1) is 0 Å². The highest BCUT2D eigenvalue weighted by Crippen LogP contribution is 2.17. The van der Waals surface area contributed by atoms with E-state index >= 15 is 0 Å². The van der Waals surface area contributed by atoms with Crippen LogP contribution in [0.2, 0.25) is 0 Å². The Labute approximate surface area is 138 Å². The van der Waals surface area contributed by atoms with Crippen molar-refractivity contribution in [3.8, 4) is 0 Å². The first-order valence-corrected chi connectivity index (χ1v) is 7.83. The van der Waals surface area contributed by atoms with Crippen LogP contribution in [0.25, 0.3) is 5.65 Å². The van der Waals surface area contributed by atoms with Crippen LogP contribution in [0.4, 0.5) is 5.82 Å². The fraction of sp³-hybridized carbons (Fsp3) is 0.312. The van der Waals surface area contributed by atoms with Gasteiger partial charge in [0, 0.05) is 50.3 Å². The number of piperazine rings is 1. The molecule has 0 atom stereocenters. The average Bonchev–Trinajstić information content (AvgIpc) is 3.09. The molecule has 0 unspecified atom stereocenters. The summed E-state index contributed by atoms with van der Waals surface area (Å²) in [6.45, 7) is 4.78. The number of carbonyl (C=O) groups excluding carboxylic acids is 1. The summed E-state index contributed by atoms with van der Waals surface area (Å²) in [5.74, 6) is 0.889. The van der Waals surface area contributed by atoms with E-state index in [-0.39, 0.29) is 5.91 Å². The molecular weight excluding hydrogens is 306 g/mol. The number of aryl methyl sites for hydroxylation is 1. The van der Waals surface area contributed by atoms with Crippen LogP contribution < -0.4 is 4.90 Å². The molecule has 3 aromatic rings. The molecule has 8 nitrogen and oxygen atoms in total. The maximum absolute atomic E-state index is 12.7. The second-order valence-electron chi connectivity index (χ2n) is 5.76. The number of nitrogens with zero attached hydrogens (tertiary/aromatic N) is 7. The van der Waals surface area contributed by atoms with Gasteiger partial charge in [-0.1, -0.05) is 0 Å². The van der Waals surface area contributed by atoms with Crippen LogP contribution in [-0.4, -0.2) is 61.6 Å². The zero-order valence-electron chi connectivity index (χ0n) is 13.3. The van der Waals surface area contributed by atoms with Crippen molar-refractivity contribution in [2.24, 2.45) is 0 Å². The van der Waals surface area contributed by atoms with Gasteiger partial charge in [-0.15, -0.1) is 0 Å². The van der Waals surface area contributed by atoms with Crippen molar-refractivity contribution in [1.29, 1.82) is 0 Å². The molecule has 1 amide bonds. The molecule has 122 valence electrons. The number of rotatable bonds is 2. The number of imidazole rings is 1. The molecule has 1 saturated heterocycles. The van der Waals surface area contributed by atoms with Crippen molar-refractivity contribution in [3.05, 3.63) is 48.3 Å². The van der Waals surface area contributed by atoms with Crippen molar-refractivity contribution in [2.75, 3.05) is 31.1 Å². The highest BCUT2D eigenvalue weighted by molar-refractivity contribution is 5.92. The number of hydrogen-bond donors (Lipinski definition) is 0. The summed E-state index contributed by atoms with van der Waals surface area (Å²) in [5.41, 5.74) is 2.22. The number of hydrogen-bond acceptors (Lipinski definition) is 6. The summed E-state index contributed by atoms with van der Waals surface area (Å²) >= 11 is 0. The van der Waals surface area contributed by atoms with E-state index in [4.69, 9.17) is 0 Å². The van der Waals surface area contributed by atoms with Crippen molar-refractivity contribution < 1.29 is 4.79 Å². The van der Waals surface area contributed by atoms with Gasteiger partial charge in [0.1, 0.15) is 17.8 Å². The van der Waals surface area contributed by atoms with Gasteiger partial charge in [0.15, 0.2) is 5.65 Å². The molecule has 4 heterocycles. The highest BCUT2D eigenvalue weighted by Gasteiger charge is 2.24. The van der Waals surface area contributed by atoms with E-state index in [0.717, 1.165) is 30.1 Å². The number of aromatic nitrogens is 5. The van der Waals surface area contributed by atoms with E-state index in [2.05, 4.69) is 25.0 Å². The van der Waals surface area contributed by atoms with Crippen LogP contribution in [0.15, 0.2) is 37.1 Å². The van der Waals surface area contributed by atoms with E-state index in [1.807, 2.05) is 18.0 Å². The lowest BCUT2D eigenvalue weighted by atomic mass is 10.2. The minimum absolute atomic E-state index is 0.0512. The fourth-order valence-corrected chi connectivity index (χ4v) is 2.94.